The topological polar surface area (TPSA) is 84.2 Å². The average molecular weight is 315 g/mol. The number of amides is 3. The van der Waals surface area contributed by atoms with E-state index in [9.17, 15) is 22.8 Å². The number of hydrogen-bond donors (Lipinski definition) is 3. The molecule has 0 unspecified atom stereocenters. The van der Waals surface area contributed by atoms with Crippen LogP contribution in [0.15, 0.2) is 24.3 Å². The first kappa shape index (κ1) is 16.1. The van der Waals surface area contributed by atoms with Crippen molar-refractivity contribution < 1.29 is 22.8 Å². The Labute approximate surface area is 125 Å². The fourth-order valence-electron chi connectivity index (χ4n) is 2.36. The largest absolute Gasteiger partial charge is 0.416 e. The van der Waals surface area contributed by atoms with Gasteiger partial charge in [0, 0.05) is 12.0 Å². The van der Waals surface area contributed by atoms with Crippen LogP contribution >= 0.6 is 0 Å². The van der Waals surface area contributed by atoms with Crippen LogP contribution in [0.5, 0.6) is 0 Å². The van der Waals surface area contributed by atoms with Crippen molar-refractivity contribution >= 4 is 11.9 Å². The highest BCUT2D eigenvalue weighted by Gasteiger charge is 2.45. The third-order valence-electron chi connectivity index (χ3n) is 3.54. The molecule has 2 rings (SSSR count). The van der Waals surface area contributed by atoms with E-state index in [-0.39, 0.29) is 17.5 Å². The van der Waals surface area contributed by atoms with Crippen molar-refractivity contribution in [3.05, 3.63) is 35.4 Å². The molecule has 0 spiro atoms. The van der Waals surface area contributed by atoms with Crippen molar-refractivity contribution in [1.82, 2.24) is 10.6 Å². The zero-order chi connectivity index (χ0) is 16.5. The molecule has 22 heavy (non-hydrogen) atoms. The fourth-order valence-corrected chi connectivity index (χ4v) is 2.36. The summed E-state index contributed by atoms with van der Waals surface area (Å²) in [6, 6.07) is 3.29. The Bertz CT molecular complexity index is 589. The number of nitrogens with one attached hydrogen (secondary N) is 2. The van der Waals surface area contributed by atoms with Gasteiger partial charge in [0.25, 0.3) is 0 Å². The quantitative estimate of drug-likeness (QED) is 0.790. The molecule has 8 heteroatoms. The fraction of sp³-hybridized carbons (Fsp3) is 0.429. The van der Waals surface area contributed by atoms with E-state index in [2.05, 4.69) is 10.6 Å². The minimum atomic E-state index is -4.42. The van der Waals surface area contributed by atoms with Crippen LogP contribution in [0.3, 0.4) is 0 Å². The van der Waals surface area contributed by atoms with Gasteiger partial charge in [0.05, 0.1) is 5.56 Å². The van der Waals surface area contributed by atoms with Crippen molar-refractivity contribution in [1.29, 1.82) is 0 Å². The first-order valence-electron chi connectivity index (χ1n) is 6.72. The third-order valence-corrected chi connectivity index (χ3v) is 3.54. The van der Waals surface area contributed by atoms with Gasteiger partial charge >= 0.3 is 12.2 Å². The molecule has 0 saturated heterocycles. The Kier molecular flexibility index (Phi) is 4.30. The smallest absolute Gasteiger partial charge is 0.352 e. The molecule has 1 saturated carbocycles. The Morgan fingerprint density at radius 2 is 1.95 bits per heavy atom. The van der Waals surface area contributed by atoms with E-state index < -0.39 is 29.7 Å². The lowest BCUT2D eigenvalue weighted by molar-refractivity contribution is -0.138. The van der Waals surface area contributed by atoms with Crippen LogP contribution in [0.4, 0.5) is 18.0 Å². The number of halogens is 3. The standard InChI is InChI=1S/C14H16F3N3O2/c1-7(19-13(18)22)12(21)20-11-6-9(11)8-4-2-3-5-10(8)14(15,16)17/h2-5,7,9,11H,6H2,1H3,(H,20,21)(H3,18,19,22)/t7-,9-,11+/m1/s1. The lowest BCUT2D eigenvalue weighted by atomic mass is 10.0. The molecule has 5 nitrogen and oxygen atoms in total. The molecule has 0 bridgehead atoms. The number of urea groups is 1. The summed E-state index contributed by atoms with van der Waals surface area (Å²) in [6.07, 6.45) is -3.99. The predicted octanol–water partition coefficient (Wildman–Crippen LogP) is 1.73. The number of rotatable bonds is 4. The van der Waals surface area contributed by atoms with Gasteiger partial charge in [-0.25, -0.2) is 4.79 Å². The van der Waals surface area contributed by atoms with Gasteiger partial charge in [-0.05, 0) is 25.0 Å². The van der Waals surface area contributed by atoms with E-state index in [0.717, 1.165) is 6.07 Å². The van der Waals surface area contributed by atoms with Crippen LogP contribution in [0.2, 0.25) is 0 Å². The average Bonchev–Trinajstić information content (AvgIpc) is 3.16. The summed E-state index contributed by atoms with van der Waals surface area (Å²) >= 11 is 0. The monoisotopic (exact) mass is 315 g/mol. The van der Waals surface area contributed by atoms with Crippen LogP contribution in [0.1, 0.15) is 30.4 Å². The van der Waals surface area contributed by atoms with Crippen molar-refractivity contribution in [2.24, 2.45) is 5.73 Å². The maximum atomic E-state index is 12.9. The van der Waals surface area contributed by atoms with Crippen LogP contribution in [0.25, 0.3) is 0 Å². The minimum Gasteiger partial charge on any atom is -0.352 e. The van der Waals surface area contributed by atoms with Gasteiger partial charge < -0.3 is 16.4 Å². The van der Waals surface area contributed by atoms with Gasteiger partial charge in [0.15, 0.2) is 0 Å². The molecule has 3 amide bonds. The van der Waals surface area contributed by atoms with Gasteiger partial charge in [0.1, 0.15) is 6.04 Å². The Morgan fingerprint density at radius 3 is 2.55 bits per heavy atom. The van der Waals surface area contributed by atoms with Crippen molar-refractivity contribution in [3.8, 4) is 0 Å². The minimum absolute atomic E-state index is 0.177. The van der Waals surface area contributed by atoms with Gasteiger partial charge in [-0.1, -0.05) is 18.2 Å². The molecule has 1 aromatic rings. The Hall–Kier alpha value is -2.25. The molecule has 0 aliphatic heterocycles. The van der Waals surface area contributed by atoms with Gasteiger partial charge in [0.2, 0.25) is 5.91 Å². The predicted molar refractivity (Wildman–Crippen MR) is 72.9 cm³/mol. The highest BCUT2D eigenvalue weighted by atomic mass is 19.4. The molecule has 1 fully saturated rings. The summed E-state index contributed by atoms with van der Waals surface area (Å²) in [4.78, 5) is 22.4. The van der Waals surface area contributed by atoms with Crippen molar-refractivity contribution in [2.45, 2.75) is 37.5 Å². The molecule has 3 atom stereocenters. The summed E-state index contributed by atoms with van der Waals surface area (Å²) < 4.78 is 38.8. The normalized spacial score (nSPS) is 21.8. The number of benzene rings is 1. The molecule has 0 aromatic heterocycles. The molecule has 120 valence electrons. The molecule has 0 radical (unpaired) electrons. The number of primary amides is 1. The SMILES string of the molecule is C[C@@H](NC(N)=O)C(=O)N[C@H]1C[C@@H]1c1ccccc1C(F)(F)F. The molecular formula is C14H16F3N3O2. The lowest BCUT2D eigenvalue weighted by Crippen LogP contribution is -2.47. The summed E-state index contributed by atoms with van der Waals surface area (Å²) in [6.45, 7) is 1.45. The molecule has 1 aliphatic rings. The molecule has 1 aliphatic carbocycles. The second-order valence-electron chi connectivity index (χ2n) is 5.27. The first-order chi connectivity index (χ1) is 10.2. The van der Waals surface area contributed by atoms with E-state index in [1.165, 1.54) is 19.1 Å². The summed E-state index contributed by atoms with van der Waals surface area (Å²) in [5, 5.41) is 4.82. The Balaban J connectivity index is 2.02. The second-order valence-corrected chi connectivity index (χ2v) is 5.27. The number of carbonyl (C=O) groups is 2. The van der Waals surface area contributed by atoms with E-state index in [0.29, 0.717) is 6.42 Å². The van der Waals surface area contributed by atoms with E-state index in [4.69, 9.17) is 5.73 Å². The summed E-state index contributed by atoms with van der Waals surface area (Å²) in [5.41, 5.74) is 4.40. The van der Waals surface area contributed by atoms with Gasteiger partial charge in [-0.15, -0.1) is 0 Å². The Morgan fingerprint density at radius 1 is 1.32 bits per heavy atom. The molecule has 4 N–H and O–H groups in total. The van der Waals surface area contributed by atoms with E-state index in [1.54, 1.807) is 6.07 Å². The van der Waals surface area contributed by atoms with E-state index in [1.807, 2.05) is 0 Å². The van der Waals surface area contributed by atoms with Gasteiger partial charge in [-0.3, -0.25) is 4.79 Å². The van der Waals surface area contributed by atoms with Crippen LogP contribution in [-0.4, -0.2) is 24.0 Å². The number of nitrogens with two attached hydrogens (primary N) is 1. The maximum absolute atomic E-state index is 12.9. The first-order valence-corrected chi connectivity index (χ1v) is 6.72. The number of alkyl halides is 3. The summed E-state index contributed by atoms with van der Waals surface area (Å²) in [7, 11) is 0. The zero-order valence-electron chi connectivity index (χ0n) is 11.8. The summed E-state index contributed by atoms with van der Waals surface area (Å²) in [5.74, 6) is -0.849. The highest BCUT2D eigenvalue weighted by molar-refractivity contribution is 5.86. The zero-order valence-corrected chi connectivity index (χ0v) is 11.8. The van der Waals surface area contributed by atoms with Gasteiger partial charge in [-0.2, -0.15) is 13.2 Å². The number of hydrogen-bond acceptors (Lipinski definition) is 2. The van der Waals surface area contributed by atoms with Crippen LogP contribution in [0, 0.1) is 0 Å². The van der Waals surface area contributed by atoms with Crippen molar-refractivity contribution in [3.63, 3.8) is 0 Å². The maximum Gasteiger partial charge on any atom is 0.416 e. The number of carbonyl (C=O) groups excluding carboxylic acids is 2. The highest BCUT2D eigenvalue weighted by Crippen LogP contribution is 2.46. The van der Waals surface area contributed by atoms with E-state index >= 15 is 0 Å². The van der Waals surface area contributed by atoms with Crippen molar-refractivity contribution in [2.75, 3.05) is 0 Å². The second kappa shape index (κ2) is 5.86. The third kappa shape index (κ3) is 3.69. The molecule has 1 aromatic carbocycles. The molecule has 0 heterocycles. The van der Waals surface area contributed by atoms with Crippen LogP contribution in [-0.2, 0) is 11.0 Å². The lowest BCUT2D eigenvalue weighted by Gasteiger charge is -2.14. The molecular weight excluding hydrogens is 299 g/mol. The van der Waals surface area contributed by atoms with Crippen LogP contribution < -0.4 is 16.4 Å².